The molecule has 1 aliphatic heterocycles. The Hall–Kier alpha value is -2.07. The molecule has 0 aliphatic carbocycles. The van der Waals surface area contributed by atoms with Crippen LogP contribution in [0, 0.1) is 0 Å². The van der Waals surface area contributed by atoms with Crippen molar-refractivity contribution >= 4 is 36.3 Å². The Morgan fingerprint density at radius 2 is 1.12 bits per heavy atom. The van der Waals surface area contributed by atoms with Gasteiger partial charge in [0.05, 0.1) is 17.7 Å². The first-order valence-corrected chi connectivity index (χ1v) is 11.7. The number of carbonyl (C=O) groups is 1. The summed E-state index contributed by atoms with van der Waals surface area (Å²) in [5.41, 5.74) is 4.27. The molecule has 1 heterocycles. The lowest BCUT2D eigenvalue weighted by atomic mass is 10.0. The second-order valence-electron chi connectivity index (χ2n) is 6.76. The molecule has 136 valence electrons. The molecule has 1 aliphatic rings. The van der Waals surface area contributed by atoms with Crippen LogP contribution in [0.3, 0.4) is 0 Å². The zero-order chi connectivity index (χ0) is 18.8. The van der Waals surface area contributed by atoms with E-state index in [0.29, 0.717) is 0 Å². The second kappa shape index (κ2) is 7.66. The predicted octanol–water partition coefficient (Wildman–Crippen LogP) is 3.16. The van der Waals surface area contributed by atoms with E-state index in [2.05, 4.69) is 68.3 Å². The maximum atomic E-state index is 13.1. The minimum absolute atomic E-state index is 0.183. The maximum absolute atomic E-state index is 13.1. The van der Waals surface area contributed by atoms with Crippen LogP contribution >= 0.6 is 0 Å². The molecule has 0 aromatic heterocycles. The van der Waals surface area contributed by atoms with Crippen LogP contribution < -0.4 is 20.2 Å². The normalized spacial score (nSPS) is 12.7. The summed E-state index contributed by atoms with van der Waals surface area (Å²) >= 11 is 0. The quantitative estimate of drug-likeness (QED) is 0.735. The number of carbonyl (C=O) groups excluding carboxylic acids is 1. The van der Waals surface area contributed by atoms with Gasteiger partial charge >= 0.3 is 8.80 Å². The fourth-order valence-electron chi connectivity index (χ4n) is 3.94. The zero-order valence-electron chi connectivity index (χ0n) is 16.6. The molecule has 0 amide bonds. The van der Waals surface area contributed by atoms with Crippen molar-refractivity contribution in [3.63, 3.8) is 0 Å². The Morgan fingerprint density at radius 1 is 0.731 bits per heavy atom. The van der Waals surface area contributed by atoms with Crippen LogP contribution in [-0.2, 0) is 0 Å². The van der Waals surface area contributed by atoms with Crippen LogP contribution in [0.4, 0.5) is 11.4 Å². The third kappa shape index (κ3) is 3.07. The summed E-state index contributed by atoms with van der Waals surface area (Å²) < 4.78 is 0. The zero-order valence-corrected chi connectivity index (χ0v) is 17.6. The maximum Gasteiger partial charge on any atom is 0.388 e. The van der Waals surface area contributed by atoms with Crippen molar-refractivity contribution in [2.75, 3.05) is 36.0 Å². The van der Waals surface area contributed by atoms with Gasteiger partial charge in [0.1, 0.15) is 10.4 Å². The molecule has 0 saturated carbocycles. The Bertz CT molecular complexity index is 744. The van der Waals surface area contributed by atoms with E-state index in [1.54, 1.807) is 0 Å². The average Bonchev–Trinajstić information content (AvgIpc) is 2.68. The molecule has 0 atom stereocenters. The largest absolute Gasteiger partial charge is 0.388 e. The molecular weight excluding hydrogens is 336 g/mol. The number of hydrogen-bond acceptors (Lipinski definition) is 3. The van der Waals surface area contributed by atoms with E-state index in [4.69, 9.17) is 0 Å². The molecule has 0 spiro atoms. The molecule has 0 unspecified atom stereocenters. The molecule has 2 aromatic carbocycles. The highest BCUT2D eigenvalue weighted by molar-refractivity contribution is 6.87. The van der Waals surface area contributed by atoms with Crippen LogP contribution in [0.25, 0.3) is 0 Å². The fraction of sp³-hybridized carbons (Fsp3) is 0.409. The third-order valence-electron chi connectivity index (χ3n) is 5.56. The summed E-state index contributed by atoms with van der Waals surface area (Å²) in [5.74, 6) is 0.183. The summed E-state index contributed by atoms with van der Waals surface area (Å²) in [6, 6.07) is 12.8. The van der Waals surface area contributed by atoms with Crippen molar-refractivity contribution in [3.05, 3.63) is 47.5 Å². The Kier molecular flexibility index (Phi) is 5.51. The smallest absolute Gasteiger partial charge is 0.372 e. The topological polar surface area (TPSA) is 23.6 Å². The van der Waals surface area contributed by atoms with Crippen LogP contribution in [0.1, 0.15) is 43.6 Å². The number of rotatable bonds is 6. The van der Waals surface area contributed by atoms with Gasteiger partial charge < -0.3 is 9.80 Å². The number of hydrogen-bond donors (Lipinski definition) is 0. The van der Waals surface area contributed by atoms with E-state index in [1.165, 1.54) is 21.7 Å². The molecule has 0 fully saturated rings. The van der Waals surface area contributed by atoms with Gasteiger partial charge in [0, 0.05) is 37.6 Å². The Morgan fingerprint density at radius 3 is 1.46 bits per heavy atom. The van der Waals surface area contributed by atoms with E-state index in [0.717, 1.165) is 37.3 Å². The molecule has 26 heavy (non-hydrogen) atoms. The average molecular weight is 366 g/mol. The summed E-state index contributed by atoms with van der Waals surface area (Å²) in [6.45, 7) is 15.0. The highest BCUT2D eigenvalue weighted by Crippen LogP contribution is 2.22. The summed E-state index contributed by atoms with van der Waals surface area (Å²) in [7, 11) is -0.956. The number of nitrogens with zero attached hydrogens (tertiary/aromatic N) is 2. The van der Waals surface area contributed by atoms with Crippen molar-refractivity contribution < 1.29 is 4.79 Å². The predicted molar refractivity (Wildman–Crippen MR) is 114 cm³/mol. The Labute approximate surface area is 159 Å². The van der Waals surface area contributed by atoms with Gasteiger partial charge in [0.2, 0.25) is 0 Å². The first-order chi connectivity index (χ1) is 12.5. The van der Waals surface area contributed by atoms with Gasteiger partial charge in [-0.3, -0.25) is 4.79 Å². The van der Waals surface area contributed by atoms with Gasteiger partial charge in [0.25, 0.3) is 0 Å². The molecular formula is C22H29N2OSi+. The van der Waals surface area contributed by atoms with Gasteiger partial charge in [0.15, 0.2) is 5.78 Å². The van der Waals surface area contributed by atoms with Gasteiger partial charge in [-0.05, 0) is 64.1 Å². The summed E-state index contributed by atoms with van der Waals surface area (Å²) in [6.07, 6.45) is 0. The molecule has 0 N–H and O–H groups in total. The van der Waals surface area contributed by atoms with Crippen molar-refractivity contribution in [1.82, 2.24) is 0 Å². The van der Waals surface area contributed by atoms with Crippen LogP contribution in [0.5, 0.6) is 0 Å². The summed E-state index contributed by atoms with van der Waals surface area (Å²) in [5, 5.41) is 2.52. The SMILES string of the molecule is CCN(CC)c1ccc2c(c1)[Si+](C)c1cc(N(CC)CC)ccc1C2=O. The lowest BCUT2D eigenvalue weighted by molar-refractivity contribution is 0.104. The number of benzene rings is 2. The molecule has 4 heteroatoms. The standard InChI is InChI=1S/C22H29N2OSi/c1-6-23(7-2)16-10-12-18-20(14-16)26(5)21-15-17(24(8-3)9-4)11-13-19(21)22(18)25/h10-15H,6-9H2,1-5H3/q+1. The fourth-order valence-corrected chi connectivity index (χ4v) is 6.16. The lowest BCUT2D eigenvalue weighted by Gasteiger charge is -2.24. The molecule has 0 saturated heterocycles. The highest BCUT2D eigenvalue weighted by atomic mass is 28.3. The first kappa shape index (κ1) is 18.7. The molecule has 0 radical (unpaired) electrons. The second-order valence-corrected chi connectivity index (χ2v) is 9.09. The summed E-state index contributed by atoms with van der Waals surface area (Å²) in [4.78, 5) is 17.8. The van der Waals surface area contributed by atoms with E-state index in [-0.39, 0.29) is 5.78 Å². The van der Waals surface area contributed by atoms with Gasteiger partial charge in [-0.25, -0.2) is 0 Å². The molecule has 3 nitrogen and oxygen atoms in total. The third-order valence-corrected chi connectivity index (χ3v) is 8.00. The van der Waals surface area contributed by atoms with Gasteiger partial charge in [-0.15, -0.1) is 0 Å². The molecule has 0 bridgehead atoms. The first-order valence-electron chi connectivity index (χ1n) is 9.72. The van der Waals surface area contributed by atoms with Crippen molar-refractivity contribution in [3.8, 4) is 0 Å². The molecule has 2 aromatic rings. The van der Waals surface area contributed by atoms with E-state index in [1.807, 2.05) is 12.1 Å². The van der Waals surface area contributed by atoms with E-state index >= 15 is 0 Å². The minimum Gasteiger partial charge on any atom is -0.372 e. The van der Waals surface area contributed by atoms with E-state index < -0.39 is 8.80 Å². The van der Waals surface area contributed by atoms with Crippen LogP contribution in [0.2, 0.25) is 6.55 Å². The Balaban J connectivity index is 2.08. The monoisotopic (exact) mass is 365 g/mol. The highest BCUT2D eigenvalue weighted by Gasteiger charge is 2.41. The minimum atomic E-state index is -0.956. The van der Waals surface area contributed by atoms with Crippen LogP contribution in [-0.4, -0.2) is 40.8 Å². The van der Waals surface area contributed by atoms with Crippen molar-refractivity contribution in [1.29, 1.82) is 0 Å². The lowest BCUT2D eigenvalue weighted by Crippen LogP contribution is -2.49. The molecule has 3 rings (SSSR count). The van der Waals surface area contributed by atoms with Crippen molar-refractivity contribution in [2.45, 2.75) is 34.2 Å². The van der Waals surface area contributed by atoms with Crippen molar-refractivity contribution in [2.24, 2.45) is 0 Å². The number of anilines is 2. The number of ketones is 1. The van der Waals surface area contributed by atoms with Gasteiger partial charge in [-0.2, -0.15) is 0 Å². The van der Waals surface area contributed by atoms with Crippen LogP contribution in [0.15, 0.2) is 36.4 Å². The van der Waals surface area contributed by atoms with Gasteiger partial charge in [-0.1, -0.05) is 0 Å². The van der Waals surface area contributed by atoms with E-state index in [9.17, 15) is 4.79 Å². The number of fused-ring (bicyclic) bond motifs is 2.